The average Bonchev–Trinajstić information content (AvgIpc) is 2.51. The van der Waals surface area contributed by atoms with Crippen LogP contribution in [0.2, 0.25) is 5.28 Å². The summed E-state index contributed by atoms with van der Waals surface area (Å²) in [5.41, 5.74) is 1.65. The van der Waals surface area contributed by atoms with Crippen molar-refractivity contribution >= 4 is 17.4 Å². The van der Waals surface area contributed by atoms with E-state index in [1.54, 1.807) is 12.4 Å². The van der Waals surface area contributed by atoms with Crippen LogP contribution in [0.1, 0.15) is 25.7 Å². The van der Waals surface area contributed by atoms with Gasteiger partial charge in [0.05, 0.1) is 17.4 Å². The van der Waals surface area contributed by atoms with Gasteiger partial charge in [0, 0.05) is 18.4 Å². The predicted molar refractivity (Wildman–Crippen MR) is 82.2 cm³/mol. The van der Waals surface area contributed by atoms with Gasteiger partial charge in [0.1, 0.15) is 5.82 Å². The Morgan fingerprint density at radius 2 is 1.95 bits per heavy atom. The Kier molecular flexibility index (Phi) is 4.31. The molecule has 2 heterocycles. The molecule has 3 rings (SSSR count). The number of aliphatic hydroxyl groups is 1. The third kappa shape index (κ3) is 3.49. The summed E-state index contributed by atoms with van der Waals surface area (Å²) in [6, 6.07) is 6.01. The molecule has 0 saturated heterocycles. The molecule has 21 heavy (non-hydrogen) atoms. The lowest BCUT2D eigenvalue weighted by Gasteiger charge is -2.27. The van der Waals surface area contributed by atoms with Crippen molar-refractivity contribution in [3.8, 4) is 11.3 Å². The maximum absolute atomic E-state index is 9.59. The molecule has 0 spiro atoms. The highest BCUT2D eigenvalue weighted by molar-refractivity contribution is 6.28. The predicted octanol–water partition coefficient (Wildman–Crippen LogP) is 2.91. The highest BCUT2D eigenvalue weighted by atomic mass is 35.5. The topological polar surface area (TPSA) is 70.9 Å². The van der Waals surface area contributed by atoms with Crippen LogP contribution in [0.3, 0.4) is 0 Å². The van der Waals surface area contributed by atoms with Crippen molar-refractivity contribution in [2.45, 2.75) is 37.8 Å². The van der Waals surface area contributed by atoms with E-state index in [2.05, 4.69) is 20.3 Å². The van der Waals surface area contributed by atoms with Crippen molar-refractivity contribution in [2.75, 3.05) is 5.32 Å². The Labute approximate surface area is 128 Å². The number of hydrogen-bond acceptors (Lipinski definition) is 5. The molecule has 110 valence electrons. The van der Waals surface area contributed by atoms with E-state index in [-0.39, 0.29) is 11.4 Å². The maximum Gasteiger partial charge on any atom is 0.224 e. The van der Waals surface area contributed by atoms with Crippen LogP contribution in [-0.2, 0) is 0 Å². The number of nitrogens with zero attached hydrogens (tertiary/aromatic N) is 3. The number of aromatic nitrogens is 3. The van der Waals surface area contributed by atoms with Gasteiger partial charge in [0.25, 0.3) is 0 Å². The molecule has 0 bridgehead atoms. The monoisotopic (exact) mass is 304 g/mol. The molecule has 6 heteroatoms. The molecule has 0 atom stereocenters. The van der Waals surface area contributed by atoms with Crippen LogP contribution in [-0.4, -0.2) is 32.2 Å². The summed E-state index contributed by atoms with van der Waals surface area (Å²) in [4.78, 5) is 12.7. The Hall–Kier alpha value is -1.72. The van der Waals surface area contributed by atoms with Gasteiger partial charge in [-0.25, -0.2) is 9.97 Å². The van der Waals surface area contributed by atoms with Crippen molar-refractivity contribution in [3.63, 3.8) is 0 Å². The summed E-state index contributed by atoms with van der Waals surface area (Å²) >= 11 is 5.92. The zero-order valence-corrected chi connectivity index (χ0v) is 12.3. The molecule has 0 aliphatic heterocycles. The first-order chi connectivity index (χ1) is 10.2. The molecular formula is C15H17ClN4O. The van der Waals surface area contributed by atoms with Gasteiger partial charge in [0.2, 0.25) is 5.28 Å². The Morgan fingerprint density at radius 1 is 1.14 bits per heavy atom. The lowest BCUT2D eigenvalue weighted by Crippen LogP contribution is -2.28. The van der Waals surface area contributed by atoms with Crippen LogP contribution in [0.5, 0.6) is 0 Å². The van der Waals surface area contributed by atoms with Crippen molar-refractivity contribution in [3.05, 3.63) is 35.9 Å². The first kappa shape index (κ1) is 14.2. The number of anilines is 1. The fourth-order valence-electron chi connectivity index (χ4n) is 2.59. The molecule has 1 aliphatic rings. The number of hydrogen-bond donors (Lipinski definition) is 2. The van der Waals surface area contributed by atoms with Gasteiger partial charge in [-0.3, -0.25) is 4.98 Å². The lowest BCUT2D eigenvalue weighted by molar-refractivity contribution is 0.126. The molecule has 1 aliphatic carbocycles. The van der Waals surface area contributed by atoms with Gasteiger partial charge in [-0.2, -0.15) is 0 Å². The van der Waals surface area contributed by atoms with E-state index in [4.69, 9.17) is 11.6 Å². The van der Waals surface area contributed by atoms with Crippen LogP contribution in [0, 0.1) is 0 Å². The van der Waals surface area contributed by atoms with Gasteiger partial charge >= 0.3 is 0 Å². The van der Waals surface area contributed by atoms with E-state index in [1.807, 2.05) is 18.2 Å². The van der Waals surface area contributed by atoms with E-state index < -0.39 is 0 Å². The molecule has 2 aromatic rings. The normalized spacial score (nSPS) is 22.0. The number of halogens is 1. The van der Waals surface area contributed by atoms with E-state index >= 15 is 0 Å². The van der Waals surface area contributed by atoms with Crippen LogP contribution >= 0.6 is 11.6 Å². The van der Waals surface area contributed by atoms with E-state index in [0.717, 1.165) is 36.9 Å². The van der Waals surface area contributed by atoms with E-state index in [0.29, 0.717) is 11.9 Å². The second-order valence-corrected chi connectivity index (χ2v) is 5.60. The molecule has 5 nitrogen and oxygen atoms in total. The van der Waals surface area contributed by atoms with E-state index in [9.17, 15) is 5.11 Å². The van der Waals surface area contributed by atoms with Crippen LogP contribution < -0.4 is 5.32 Å². The third-order valence-electron chi connectivity index (χ3n) is 3.74. The zero-order chi connectivity index (χ0) is 14.7. The minimum atomic E-state index is -0.174. The minimum Gasteiger partial charge on any atom is -0.393 e. The molecule has 2 aromatic heterocycles. The second-order valence-electron chi connectivity index (χ2n) is 5.27. The number of nitrogens with one attached hydrogen (secondary N) is 1. The molecule has 0 radical (unpaired) electrons. The Bertz CT molecular complexity index is 600. The lowest BCUT2D eigenvalue weighted by atomic mass is 9.93. The van der Waals surface area contributed by atoms with Crippen molar-refractivity contribution in [2.24, 2.45) is 0 Å². The maximum atomic E-state index is 9.59. The average molecular weight is 305 g/mol. The molecule has 2 N–H and O–H groups in total. The van der Waals surface area contributed by atoms with Crippen molar-refractivity contribution in [1.29, 1.82) is 0 Å². The van der Waals surface area contributed by atoms with Crippen LogP contribution in [0.4, 0.5) is 5.82 Å². The summed E-state index contributed by atoms with van der Waals surface area (Å²) < 4.78 is 0. The molecule has 1 fully saturated rings. The van der Waals surface area contributed by atoms with Gasteiger partial charge < -0.3 is 10.4 Å². The minimum absolute atomic E-state index is 0.174. The summed E-state index contributed by atoms with van der Waals surface area (Å²) in [5.74, 6) is 0.704. The summed E-state index contributed by atoms with van der Waals surface area (Å²) in [6.45, 7) is 0. The molecular weight excluding hydrogens is 288 g/mol. The first-order valence-corrected chi connectivity index (χ1v) is 7.48. The smallest absolute Gasteiger partial charge is 0.224 e. The summed E-state index contributed by atoms with van der Waals surface area (Å²) in [6.07, 6.45) is 6.73. The number of aliphatic hydroxyl groups excluding tert-OH is 1. The summed E-state index contributed by atoms with van der Waals surface area (Å²) in [5, 5.41) is 13.2. The van der Waals surface area contributed by atoms with Gasteiger partial charge in [0.15, 0.2) is 0 Å². The Morgan fingerprint density at radius 3 is 2.67 bits per heavy atom. The number of pyridine rings is 1. The number of rotatable bonds is 3. The highest BCUT2D eigenvalue weighted by Crippen LogP contribution is 2.28. The second kappa shape index (κ2) is 6.37. The van der Waals surface area contributed by atoms with Gasteiger partial charge in [-0.15, -0.1) is 0 Å². The van der Waals surface area contributed by atoms with Crippen LogP contribution in [0.15, 0.2) is 30.6 Å². The summed E-state index contributed by atoms with van der Waals surface area (Å²) in [7, 11) is 0. The fourth-order valence-corrected chi connectivity index (χ4v) is 2.73. The first-order valence-electron chi connectivity index (χ1n) is 7.11. The third-order valence-corrected chi connectivity index (χ3v) is 3.92. The quantitative estimate of drug-likeness (QED) is 0.853. The SMILES string of the molecule is OC1CCC(Nc2nc(Cl)ncc2-c2ccccn2)CC1. The standard InChI is InChI=1S/C15H17ClN4O/c16-15-18-9-12(13-3-1-2-8-17-13)14(20-15)19-10-4-6-11(21)7-5-10/h1-3,8-11,21H,4-7H2,(H,18,19,20). The van der Waals surface area contributed by atoms with Crippen LogP contribution in [0.25, 0.3) is 11.3 Å². The van der Waals surface area contributed by atoms with Gasteiger partial charge in [-0.05, 0) is 49.4 Å². The molecule has 0 aromatic carbocycles. The largest absolute Gasteiger partial charge is 0.393 e. The van der Waals surface area contributed by atoms with E-state index in [1.165, 1.54) is 0 Å². The van der Waals surface area contributed by atoms with Gasteiger partial charge in [-0.1, -0.05) is 6.07 Å². The molecule has 1 saturated carbocycles. The fraction of sp³-hybridized carbons (Fsp3) is 0.400. The van der Waals surface area contributed by atoms with Crippen molar-refractivity contribution in [1.82, 2.24) is 15.0 Å². The Balaban J connectivity index is 1.85. The zero-order valence-electron chi connectivity index (χ0n) is 11.5. The molecule has 0 unspecified atom stereocenters. The molecule has 0 amide bonds. The highest BCUT2D eigenvalue weighted by Gasteiger charge is 2.21. The van der Waals surface area contributed by atoms with Crippen molar-refractivity contribution < 1.29 is 5.11 Å².